The third-order valence-electron chi connectivity index (χ3n) is 3.20. The SMILES string of the molecule is Cc1n[nH]c(C)c1S(=O)(=O)NC(C)c1ccc(C#N)cc1. The molecule has 1 atom stereocenters. The van der Waals surface area contributed by atoms with Gasteiger partial charge in [-0.25, -0.2) is 13.1 Å². The van der Waals surface area contributed by atoms with E-state index in [9.17, 15) is 8.42 Å². The van der Waals surface area contributed by atoms with Crippen molar-refractivity contribution in [3.63, 3.8) is 0 Å². The Morgan fingerprint density at radius 3 is 2.38 bits per heavy atom. The molecule has 0 bridgehead atoms. The van der Waals surface area contributed by atoms with Crippen LogP contribution in [0.4, 0.5) is 0 Å². The van der Waals surface area contributed by atoms with E-state index >= 15 is 0 Å². The molecule has 0 aliphatic rings. The summed E-state index contributed by atoms with van der Waals surface area (Å²) in [5, 5.41) is 15.3. The van der Waals surface area contributed by atoms with Gasteiger partial charge in [-0.05, 0) is 38.5 Å². The van der Waals surface area contributed by atoms with Crippen LogP contribution >= 0.6 is 0 Å². The molecule has 1 heterocycles. The van der Waals surface area contributed by atoms with Gasteiger partial charge in [0, 0.05) is 6.04 Å². The van der Waals surface area contributed by atoms with E-state index in [4.69, 9.17) is 5.26 Å². The van der Waals surface area contributed by atoms with Crippen molar-refractivity contribution in [1.29, 1.82) is 5.26 Å². The topological polar surface area (TPSA) is 98.6 Å². The van der Waals surface area contributed by atoms with Crippen molar-refractivity contribution >= 4 is 10.0 Å². The summed E-state index contributed by atoms with van der Waals surface area (Å²) >= 11 is 0. The second kappa shape index (κ2) is 5.68. The maximum absolute atomic E-state index is 12.4. The van der Waals surface area contributed by atoms with E-state index in [1.54, 1.807) is 45.0 Å². The number of aromatic amines is 1. The van der Waals surface area contributed by atoms with E-state index in [1.165, 1.54) is 0 Å². The van der Waals surface area contributed by atoms with Crippen LogP contribution in [0, 0.1) is 25.2 Å². The molecular weight excluding hydrogens is 288 g/mol. The fraction of sp³-hybridized carbons (Fsp3) is 0.286. The number of nitrogens with zero attached hydrogens (tertiary/aromatic N) is 2. The maximum Gasteiger partial charge on any atom is 0.244 e. The molecule has 0 radical (unpaired) electrons. The van der Waals surface area contributed by atoms with E-state index in [0.717, 1.165) is 5.56 Å². The van der Waals surface area contributed by atoms with Crippen LogP contribution in [0.25, 0.3) is 0 Å². The highest BCUT2D eigenvalue weighted by molar-refractivity contribution is 7.89. The van der Waals surface area contributed by atoms with Crippen molar-refractivity contribution in [3.8, 4) is 6.07 Å². The third-order valence-corrected chi connectivity index (χ3v) is 5.00. The van der Waals surface area contributed by atoms with Crippen LogP contribution < -0.4 is 4.72 Å². The van der Waals surface area contributed by atoms with Gasteiger partial charge in [0.25, 0.3) is 0 Å². The highest BCUT2D eigenvalue weighted by Gasteiger charge is 2.24. The zero-order valence-electron chi connectivity index (χ0n) is 12.0. The largest absolute Gasteiger partial charge is 0.281 e. The molecule has 0 fully saturated rings. The van der Waals surface area contributed by atoms with Gasteiger partial charge in [-0.15, -0.1) is 0 Å². The quantitative estimate of drug-likeness (QED) is 0.901. The molecule has 21 heavy (non-hydrogen) atoms. The van der Waals surface area contributed by atoms with E-state index in [2.05, 4.69) is 14.9 Å². The molecule has 0 spiro atoms. The summed E-state index contributed by atoms with van der Waals surface area (Å²) in [7, 11) is -3.65. The van der Waals surface area contributed by atoms with Gasteiger partial charge >= 0.3 is 0 Å². The Hall–Kier alpha value is -2.17. The number of aromatic nitrogens is 2. The third kappa shape index (κ3) is 3.12. The van der Waals surface area contributed by atoms with Crippen molar-refractivity contribution in [3.05, 3.63) is 46.8 Å². The molecule has 0 saturated carbocycles. The fourth-order valence-corrected chi connectivity index (χ4v) is 3.75. The molecule has 1 aromatic heterocycles. The zero-order valence-corrected chi connectivity index (χ0v) is 12.8. The Labute approximate surface area is 123 Å². The minimum atomic E-state index is -3.65. The van der Waals surface area contributed by atoms with Gasteiger partial charge in [-0.3, -0.25) is 5.10 Å². The Kier molecular flexibility index (Phi) is 4.11. The normalized spacial score (nSPS) is 12.9. The lowest BCUT2D eigenvalue weighted by molar-refractivity contribution is 0.566. The Bertz CT molecular complexity index is 766. The van der Waals surface area contributed by atoms with Gasteiger partial charge in [0.1, 0.15) is 4.90 Å². The molecule has 2 aromatic rings. The minimum Gasteiger partial charge on any atom is -0.281 e. The summed E-state index contributed by atoms with van der Waals surface area (Å²) in [5.41, 5.74) is 2.27. The molecule has 1 aromatic carbocycles. The van der Waals surface area contributed by atoms with Gasteiger partial charge in [-0.2, -0.15) is 10.4 Å². The Balaban J connectivity index is 2.26. The number of hydrogen-bond acceptors (Lipinski definition) is 4. The van der Waals surface area contributed by atoms with Crippen molar-refractivity contribution in [2.24, 2.45) is 0 Å². The number of H-pyrrole nitrogens is 1. The minimum absolute atomic E-state index is 0.183. The lowest BCUT2D eigenvalue weighted by atomic mass is 10.1. The first-order chi connectivity index (χ1) is 9.85. The molecule has 110 valence electrons. The van der Waals surface area contributed by atoms with Gasteiger partial charge in [0.05, 0.1) is 23.0 Å². The summed E-state index contributed by atoms with van der Waals surface area (Å²) < 4.78 is 27.5. The molecule has 0 aliphatic heterocycles. The first-order valence-corrected chi connectivity index (χ1v) is 7.87. The number of nitriles is 1. The summed E-state index contributed by atoms with van der Waals surface area (Å²) in [5.74, 6) is 0. The standard InChI is InChI=1S/C14H16N4O2S/c1-9(13-6-4-12(8-15)5-7-13)18-21(19,20)14-10(2)16-17-11(14)3/h4-7,9,18H,1-3H3,(H,16,17). The molecule has 0 amide bonds. The number of nitrogens with one attached hydrogen (secondary N) is 2. The average molecular weight is 304 g/mol. The highest BCUT2D eigenvalue weighted by atomic mass is 32.2. The van der Waals surface area contributed by atoms with Crippen molar-refractivity contribution in [1.82, 2.24) is 14.9 Å². The lowest BCUT2D eigenvalue weighted by Gasteiger charge is -2.14. The van der Waals surface area contributed by atoms with Gasteiger partial charge < -0.3 is 0 Å². The predicted molar refractivity (Wildman–Crippen MR) is 78.0 cm³/mol. The van der Waals surface area contributed by atoms with Crippen LogP contribution in [0.2, 0.25) is 0 Å². The molecular formula is C14H16N4O2S. The van der Waals surface area contributed by atoms with Crippen LogP contribution in [0.15, 0.2) is 29.2 Å². The summed E-state index contributed by atoms with van der Waals surface area (Å²) in [6.45, 7) is 5.06. The van der Waals surface area contributed by atoms with Crippen molar-refractivity contribution in [2.75, 3.05) is 0 Å². The summed E-state index contributed by atoms with van der Waals surface area (Å²) in [6, 6.07) is 8.42. The summed E-state index contributed by atoms with van der Waals surface area (Å²) in [4.78, 5) is 0.183. The maximum atomic E-state index is 12.4. The van der Waals surface area contributed by atoms with Crippen molar-refractivity contribution < 1.29 is 8.42 Å². The molecule has 6 nitrogen and oxygen atoms in total. The Morgan fingerprint density at radius 1 is 1.29 bits per heavy atom. The Morgan fingerprint density at radius 2 is 1.90 bits per heavy atom. The fourth-order valence-electron chi connectivity index (χ4n) is 2.14. The number of hydrogen-bond donors (Lipinski definition) is 2. The van der Waals surface area contributed by atoms with Crippen molar-refractivity contribution in [2.45, 2.75) is 31.7 Å². The van der Waals surface area contributed by atoms with Crippen LogP contribution in [0.5, 0.6) is 0 Å². The monoisotopic (exact) mass is 304 g/mol. The van der Waals surface area contributed by atoms with E-state index in [1.807, 2.05) is 6.07 Å². The number of rotatable bonds is 4. The molecule has 0 aliphatic carbocycles. The molecule has 7 heteroatoms. The first kappa shape index (κ1) is 15.2. The average Bonchev–Trinajstić information content (AvgIpc) is 2.78. The first-order valence-electron chi connectivity index (χ1n) is 6.39. The van der Waals surface area contributed by atoms with Crippen LogP contribution in [-0.2, 0) is 10.0 Å². The smallest absolute Gasteiger partial charge is 0.244 e. The van der Waals surface area contributed by atoms with E-state index < -0.39 is 16.1 Å². The predicted octanol–water partition coefficient (Wildman–Crippen LogP) is 1.94. The second-order valence-electron chi connectivity index (χ2n) is 4.84. The van der Waals surface area contributed by atoms with Gasteiger partial charge in [0.2, 0.25) is 10.0 Å². The van der Waals surface area contributed by atoms with Crippen LogP contribution in [0.1, 0.15) is 35.5 Å². The number of aryl methyl sites for hydroxylation is 2. The van der Waals surface area contributed by atoms with Crippen LogP contribution in [-0.4, -0.2) is 18.6 Å². The molecule has 1 unspecified atom stereocenters. The molecule has 0 saturated heterocycles. The number of benzene rings is 1. The number of sulfonamides is 1. The van der Waals surface area contributed by atoms with Gasteiger partial charge in [0.15, 0.2) is 0 Å². The lowest BCUT2D eigenvalue weighted by Crippen LogP contribution is -2.27. The molecule has 2 N–H and O–H groups in total. The molecule has 2 rings (SSSR count). The van der Waals surface area contributed by atoms with Gasteiger partial charge in [-0.1, -0.05) is 12.1 Å². The highest BCUT2D eigenvalue weighted by Crippen LogP contribution is 2.20. The van der Waals surface area contributed by atoms with E-state index in [0.29, 0.717) is 17.0 Å². The summed E-state index contributed by atoms with van der Waals surface area (Å²) in [6.07, 6.45) is 0. The van der Waals surface area contributed by atoms with E-state index in [-0.39, 0.29) is 4.90 Å². The second-order valence-corrected chi connectivity index (χ2v) is 6.49. The zero-order chi connectivity index (χ0) is 15.6. The van der Waals surface area contributed by atoms with Crippen LogP contribution in [0.3, 0.4) is 0 Å².